The number of aromatic nitrogens is 2. The Balaban J connectivity index is 2.00. The molecule has 2 N–H and O–H groups in total. The number of hydrogen-bond donors (Lipinski definition) is 2. The van der Waals surface area contributed by atoms with E-state index in [0.29, 0.717) is 0 Å². The molecule has 1 amide bonds. The number of carbonyl (C=O) groups is 1. The Bertz CT molecular complexity index is 657. The van der Waals surface area contributed by atoms with Gasteiger partial charge >= 0.3 is 0 Å². The summed E-state index contributed by atoms with van der Waals surface area (Å²) in [4.78, 5) is 30.9. The fourth-order valence-electron chi connectivity index (χ4n) is 1.51. The van der Waals surface area contributed by atoms with Crippen molar-refractivity contribution < 1.29 is 9.90 Å². The largest absolute Gasteiger partial charge is 0.493 e. The number of anilines is 1. The van der Waals surface area contributed by atoms with Crippen molar-refractivity contribution >= 4 is 23.4 Å². The summed E-state index contributed by atoms with van der Waals surface area (Å²) in [5.41, 5.74) is 0.333. The van der Waals surface area contributed by atoms with Crippen LogP contribution in [0.5, 0.6) is 5.88 Å². The van der Waals surface area contributed by atoms with Gasteiger partial charge < -0.3 is 15.0 Å². The molecule has 2 aromatic rings. The lowest BCUT2D eigenvalue weighted by Crippen LogP contribution is -2.28. The maximum absolute atomic E-state index is 12.0. The number of hydrogen-bond acceptors (Lipinski definition) is 5. The van der Waals surface area contributed by atoms with E-state index in [4.69, 9.17) is 0 Å². The van der Waals surface area contributed by atoms with Crippen molar-refractivity contribution in [2.24, 2.45) is 0 Å². The molecule has 0 fully saturated rings. The van der Waals surface area contributed by atoms with Gasteiger partial charge in [0.2, 0.25) is 11.8 Å². The van der Waals surface area contributed by atoms with Crippen LogP contribution in [0.2, 0.25) is 0 Å². The van der Waals surface area contributed by atoms with Gasteiger partial charge in [0.1, 0.15) is 0 Å². The molecule has 0 unspecified atom stereocenters. The third kappa shape index (κ3) is 3.61. The van der Waals surface area contributed by atoms with E-state index in [2.05, 4.69) is 9.97 Å². The molecule has 0 atom stereocenters. The van der Waals surface area contributed by atoms with Crippen molar-refractivity contribution in [1.29, 1.82) is 0 Å². The van der Waals surface area contributed by atoms with Crippen LogP contribution < -0.4 is 10.5 Å². The van der Waals surface area contributed by atoms with Gasteiger partial charge in [-0.05, 0) is 12.1 Å². The molecule has 6 nitrogen and oxygen atoms in total. The number of aromatic hydroxyl groups is 1. The van der Waals surface area contributed by atoms with Crippen LogP contribution in [0.25, 0.3) is 0 Å². The van der Waals surface area contributed by atoms with E-state index < -0.39 is 5.56 Å². The first kappa shape index (κ1) is 14.1. The molecule has 1 heterocycles. The topological polar surface area (TPSA) is 86.3 Å². The predicted octanol–water partition coefficient (Wildman–Crippen LogP) is 1.23. The van der Waals surface area contributed by atoms with Gasteiger partial charge in [0.15, 0.2) is 5.16 Å². The minimum absolute atomic E-state index is 0.109. The van der Waals surface area contributed by atoms with E-state index in [1.807, 2.05) is 30.3 Å². The number of rotatable bonds is 4. The number of benzene rings is 1. The fraction of sp³-hybridized carbons (Fsp3) is 0.154. The summed E-state index contributed by atoms with van der Waals surface area (Å²) in [5, 5.41) is 9.42. The second-order valence-electron chi connectivity index (χ2n) is 3.99. The average Bonchev–Trinajstić information content (AvgIpc) is 2.44. The van der Waals surface area contributed by atoms with Crippen molar-refractivity contribution in [3.05, 3.63) is 46.8 Å². The second kappa shape index (κ2) is 6.25. The van der Waals surface area contributed by atoms with E-state index >= 15 is 0 Å². The van der Waals surface area contributed by atoms with Crippen LogP contribution in [-0.2, 0) is 4.79 Å². The van der Waals surface area contributed by atoms with E-state index in [0.717, 1.165) is 23.5 Å². The normalized spacial score (nSPS) is 10.2. The van der Waals surface area contributed by atoms with E-state index in [1.165, 1.54) is 4.90 Å². The predicted molar refractivity (Wildman–Crippen MR) is 77.1 cm³/mol. The Morgan fingerprint density at radius 3 is 2.75 bits per heavy atom. The van der Waals surface area contributed by atoms with Gasteiger partial charge in [-0.15, -0.1) is 0 Å². The lowest BCUT2D eigenvalue weighted by molar-refractivity contribution is -0.115. The molecule has 1 aromatic carbocycles. The zero-order chi connectivity index (χ0) is 14.5. The first-order chi connectivity index (χ1) is 9.56. The molecule has 2 rings (SSSR count). The van der Waals surface area contributed by atoms with E-state index in [9.17, 15) is 14.7 Å². The highest BCUT2D eigenvalue weighted by Gasteiger charge is 2.12. The minimum atomic E-state index is -0.455. The fourth-order valence-corrected chi connectivity index (χ4v) is 2.30. The van der Waals surface area contributed by atoms with Crippen LogP contribution in [0.1, 0.15) is 0 Å². The van der Waals surface area contributed by atoms with Gasteiger partial charge in [-0.2, -0.15) is 4.98 Å². The molecule has 0 aliphatic rings. The van der Waals surface area contributed by atoms with Crippen LogP contribution in [-0.4, -0.2) is 33.8 Å². The quantitative estimate of drug-likeness (QED) is 0.653. The average molecular weight is 291 g/mol. The number of aromatic amines is 1. The lowest BCUT2D eigenvalue weighted by atomic mass is 10.3. The zero-order valence-electron chi connectivity index (χ0n) is 10.7. The highest BCUT2D eigenvalue weighted by molar-refractivity contribution is 7.99. The molecule has 1 aromatic heterocycles. The van der Waals surface area contributed by atoms with E-state index in [-0.39, 0.29) is 22.7 Å². The number of nitrogens with zero attached hydrogens (tertiary/aromatic N) is 2. The maximum Gasteiger partial charge on any atom is 0.255 e. The van der Waals surface area contributed by atoms with Crippen LogP contribution in [0.15, 0.2) is 46.3 Å². The number of H-pyrrole nitrogens is 1. The monoisotopic (exact) mass is 291 g/mol. The molecule has 7 heteroatoms. The number of thioether (sulfide) groups is 1. The summed E-state index contributed by atoms with van der Waals surface area (Å²) < 4.78 is 0. The molecule has 104 valence electrons. The second-order valence-corrected chi connectivity index (χ2v) is 4.95. The molecule has 20 heavy (non-hydrogen) atoms. The van der Waals surface area contributed by atoms with Crippen molar-refractivity contribution in [3.63, 3.8) is 0 Å². The third-order valence-corrected chi connectivity index (χ3v) is 3.41. The number of para-hydroxylation sites is 1. The summed E-state index contributed by atoms with van der Waals surface area (Å²) >= 11 is 1.06. The summed E-state index contributed by atoms with van der Waals surface area (Å²) in [7, 11) is 1.68. The minimum Gasteiger partial charge on any atom is -0.493 e. The Kier molecular flexibility index (Phi) is 4.41. The number of amides is 1. The molecule has 0 aliphatic carbocycles. The summed E-state index contributed by atoms with van der Waals surface area (Å²) in [5.74, 6) is -0.384. The van der Waals surface area contributed by atoms with Crippen molar-refractivity contribution in [2.75, 3.05) is 17.7 Å². The highest BCUT2D eigenvalue weighted by Crippen LogP contribution is 2.16. The van der Waals surface area contributed by atoms with Crippen molar-refractivity contribution in [1.82, 2.24) is 9.97 Å². The SMILES string of the molecule is CN(C(=O)CSc1nc(O)cc(=O)[nH]1)c1ccccc1. The number of nitrogens with one attached hydrogen (secondary N) is 1. The van der Waals surface area contributed by atoms with Crippen LogP contribution in [0, 0.1) is 0 Å². The first-order valence-corrected chi connectivity index (χ1v) is 6.79. The van der Waals surface area contributed by atoms with Gasteiger partial charge in [0.05, 0.1) is 11.8 Å². The number of carbonyl (C=O) groups excluding carboxylic acids is 1. The Labute approximate surface area is 119 Å². The van der Waals surface area contributed by atoms with Gasteiger partial charge in [-0.1, -0.05) is 30.0 Å². The highest BCUT2D eigenvalue weighted by atomic mass is 32.2. The Morgan fingerprint density at radius 2 is 2.10 bits per heavy atom. The van der Waals surface area contributed by atoms with Crippen molar-refractivity contribution in [3.8, 4) is 5.88 Å². The molecule has 0 radical (unpaired) electrons. The smallest absolute Gasteiger partial charge is 0.255 e. The third-order valence-electron chi connectivity index (χ3n) is 2.56. The summed E-state index contributed by atoms with van der Waals surface area (Å²) in [6.07, 6.45) is 0. The maximum atomic E-state index is 12.0. The molecule has 0 bridgehead atoms. The molecule has 0 aliphatic heterocycles. The summed E-state index contributed by atoms with van der Waals surface area (Å²) in [6, 6.07) is 10.2. The summed E-state index contributed by atoms with van der Waals surface area (Å²) in [6.45, 7) is 0. The van der Waals surface area contributed by atoms with Crippen LogP contribution >= 0.6 is 11.8 Å². The first-order valence-electron chi connectivity index (χ1n) is 5.81. The lowest BCUT2D eigenvalue weighted by Gasteiger charge is -2.16. The Hall–Kier alpha value is -2.28. The van der Waals surface area contributed by atoms with Gasteiger partial charge in [0.25, 0.3) is 5.56 Å². The zero-order valence-corrected chi connectivity index (χ0v) is 11.6. The molecule has 0 spiro atoms. The molecular weight excluding hydrogens is 278 g/mol. The molecular formula is C13H13N3O3S. The van der Waals surface area contributed by atoms with Crippen LogP contribution in [0.4, 0.5) is 5.69 Å². The van der Waals surface area contributed by atoms with Gasteiger partial charge in [-0.25, -0.2) is 0 Å². The molecule has 0 saturated carbocycles. The van der Waals surface area contributed by atoms with Gasteiger partial charge in [-0.3, -0.25) is 9.59 Å². The van der Waals surface area contributed by atoms with E-state index in [1.54, 1.807) is 7.05 Å². The van der Waals surface area contributed by atoms with Crippen LogP contribution in [0.3, 0.4) is 0 Å². The van der Waals surface area contributed by atoms with Gasteiger partial charge in [0, 0.05) is 12.7 Å². The standard InChI is InChI=1S/C13H13N3O3S/c1-16(9-5-3-2-4-6-9)12(19)8-20-13-14-10(17)7-11(18)15-13/h2-7H,8H2,1H3,(H2,14,15,17,18). The van der Waals surface area contributed by atoms with Crippen molar-refractivity contribution in [2.45, 2.75) is 5.16 Å². The Morgan fingerprint density at radius 1 is 1.40 bits per heavy atom. The molecule has 0 saturated heterocycles.